The smallest absolute Gasteiger partial charge is 0.0602 e. The second kappa shape index (κ2) is 4.85. The number of nitrogen functional groups attached to an aromatic ring is 1. The van der Waals surface area contributed by atoms with Gasteiger partial charge in [-0.15, -0.1) is 11.3 Å². The van der Waals surface area contributed by atoms with Crippen molar-refractivity contribution < 1.29 is 0 Å². The standard InChI is InChI=1S/C13H17N3S/c1-9-12(14)6-10(7-15-9)13-5-4-11(17-13)8-16(2)3/h4-7H,8,14H2,1-3H3. The summed E-state index contributed by atoms with van der Waals surface area (Å²) in [5.41, 5.74) is 8.62. The fourth-order valence-corrected chi connectivity index (χ4v) is 2.72. The predicted molar refractivity (Wildman–Crippen MR) is 74.1 cm³/mol. The Balaban J connectivity index is 2.27. The number of aromatic nitrogens is 1. The average molecular weight is 247 g/mol. The van der Waals surface area contributed by atoms with Crippen molar-refractivity contribution in [1.82, 2.24) is 9.88 Å². The molecule has 0 amide bonds. The molecule has 2 rings (SSSR count). The topological polar surface area (TPSA) is 42.2 Å². The van der Waals surface area contributed by atoms with Gasteiger partial charge in [0.2, 0.25) is 0 Å². The molecule has 90 valence electrons. The van der Waals surface area contributed by atoms with Crippen LogP contribution in [0.4, 0.5) is 5.69 Å². The first-order chi connectivity index (χ1) is 8.06. The van der Waals surface area contributed by atoms with Crippen LogP contribution in [0.15, 0.2) is 24.4 Å². The van der Waals surface area contributed by atoms with Crippen LogP contribution in [-0.4, -0.2) is 24.0 Å². The lowest BCUT2D eigenvalue weighted by Gasteiger charge is -2.06. The largest absolute Gasteiger partial charge is 0.397 e. The molecule has 0 aliphatic heterocycles. The van der Waals surface area contributed by atoms with Crippen LogP contribution in [0.2, 0.25) is 0 Å². The molecule has 3 nitrogen and oxygen atoms in total. The van der Waals surface area contributed by atoms with Crippen molar-refractivity contribution in [2.24, 2.45) is 0 Å². The molecular formula is C13H17N3S. The minimum absolute atomic E-state index is 0.755. The molecule has 0 aliphatic rings. The second-order valence-corrected chi connectivity index (χ2v) is 5.57. The Hall–Kier alpha value is -1.39. The SMILES string of the molecule is Cc1ncc(-c2ccc(CN(C)C)s2)cc1N. The van der Waals surface area contributed by atoms with Crippen molar-refractivity contribution in [1.29, 1.82) is 0 Å². The fraction of sp³-hybridized carbons (Fsp3) is 0.308. The second-order valence-electron chi connectivity index (χ2n) is 4.40. The van der Waals surface area contributed by atoms with Crippen molar-refractivity contribution in [2.45, 2.75) is 13.5 Å². The lowest BCUT2D eigenvalue weighted by atomic mass is 10.2. The van der Waals surface area contributed by atoms with E-state index < -0.39 is 0 Å². The third-order valence-electron chi connectivity index (χ3n) is 2.54. The van der Waals surface area contributed by atoms with Gasteiger partial charge in [0.25, 0.3) is 0 Å². The number of thiophene rings is 1. The Morgan fingerprint density at radius 3 is 2.76 bits per heavy atom. The Kier molecular flexibility index (Phi) is 3.45. The summed E-state index contributed by atoms with van der Waals surface area (Å²) in [7, 11) is 4.15. The number of anilines is 1. The van der Waals surface area contributed by atoms with E-state index in [9.17, 15) is 0 Å². The summed E-state index contributed by atoms with van der Waals surface area (Å²) in [6.45, 7) is 2.89. The van der Waals surface area contributed by atoms with Gasteiger partial charge in [0.15, 0.2) is 0 Å². The zero-order valence-corrected chi connectivity index (χ0v) is 11.2. The number of rotatable bonds is 3. The molecule has 0 saturated carbocycles. The molecule has 2 heterocycles. The first kappa shape index (κ1) is 12.1. The van der Waals surface area contributed by atoms with Crippen LogP contribution in [0.25, 0.3) is 10.4 Å². The van der Waals surface area contributed by atoms with Crippen molar-refractivity contribution in [3.8, 4) is 10.4 Å². The predicted octanol–water partition coefficient (Wildman–Crippen LogP) is 2.76. The maximum Gasteiger partial charge on any atom is 0.0602 e. The number of hydrogen-bond acceptors (Lipinski definition) is 4. The van der Waals surface area contributed by atoms with Crippen LogP contribution in [0.1, 0.15) is 10.6 Å². The molecule has 0 unspecified atom stereocenters. The van der Waals surface area contributed by atoms with Crippen molar-refractivity contribution in [3.63, 3.8) is 0 Å². The van der Waals surface area contributed by atoms with Gasteiger partial charge < -0.3 is 10.6 Å². The number of nitrogens with zero attached hydrogens (tertiary/aromatic N) is 2. The first-order valence-electron chi connectivity index (χ1n) is 5.52. The molecule has 0 aliphatic carbocycles. The van der Waals surface area contributed by atoms with Crippen LogP contribution in [0, 0.1) is 6.92 Å². The van der Waals surface area contributed by atoms with Gasteiger partial charge in [-0.25, -0.2) is 0 Å². The monoisotopic (exact) mass is 247 g/mol. The van der Waals surface area contributed by atoms with E-state index in [1.165, 1.54) is 9.75 Å². The number of nitrogens with two attached hydrogens (primary N) is 1. The van der Waals surface area contributed by atoms with Crippen molar-refractivity contribution in [2.75, 3.05) is 19.8 Å². The minimum Gasteiger partial charge on any atom is -0.397 e. The molecular weight excluding hydrogens is 230 g/mol. The molecule has 0 atom stereocenters. The van der Waals surface area contributed by atoms with Gasteiger partial charge in [0.05, 0.1) is 11.4 Å². The summed E-state index contributed by atoms with van der Waals surface area (Å²) >= 11 is 1.79. The highest BCUT2D eigenvalue weighted by atomic mass is 32.1. The van der Waals surface area contributed by atoms with E-state index in [1.807, 2.05) is 19.2 Å². The number of pyridine rings is 1. The molecule has 0 radical (unpaired) electrons. The van der Waals surface area contributed by atoms with Gasteiger partial charge in [0.1, 0.15) is 0 Å². The Labute approximate surface area is 106 Å². The van der Waals surface area contributed by atoms with E-state index in [0.29, 0.717) is 0 Å². The molecule has 0 spiro atoms. The fourth-order valence-electron chi connectivity index (χ4n) is 1.61. The maximum atomic E-state index is 5.88. The highest BCUT2D eigenvalue weighted by Gasteiger charge is 2.05. The molecule has 17 heavy (non-hydrogen) atoms. The Morgan fingerprint density at radius 1 is 1.35 bits per heavy atom. The summed E-state index contributed by atoms with van der Waals surface area (Å²) in [6, 6.07) is 6.29. The molecule has 0 saturated heterocycles. The highest BCUT2D eigenvalue weighted by molar-refractivity contribution is 7.15. The minimum atomic E-state index is 0.755. The molecule has 2 N–H and O–H groups in total. The van der Waals surface area contributed by atoms with Crippen molar-refractivity contribution >= 4 is 17.0 Å². The van der Waals surface area contributed by atoms with Crippen LogP contribution >= 0.6 is 11.3 Å². The zero-order valence-electron chi connectivity index (χ0n) is 10.4. The summed E-state index contributed by atoms with van der Waals surface area (Å²) in [4.78, 5) is 9.03. The quantitative estimate of drug-likeness (QED) is 0.907. The van der Waals surface area contributed by atoms with E-state index in [4.69, 9.17) is 5.73 Å². The zero-order chi connectivity index (χ0) is 12.4. The van der Waals surface area contributed by atoms with Gasteiger partial charge in [-0.1, -0.05) is 0 Å². The number of aryl methyl sites for hydroxylation is 1. The van der Waals surface area contributed by atoms with E-state index in [1.54, 1.807) is 11.3 Å². The van der Waals surface area contributed by atoms with Crippen LogP contribution < -0.4 is 5.73 Å². The average Bonchev–Trinajstić information content (AvgIpc) is 2.69. The molecule has 0 fully saturated rings. The Morgan fingerprint density at radius 2 is 2.12 bits per heavy atom. The number of hydrogen-bond donors (Lipinski definition) is 1. The molecule has 4 heteroatoms. The molecule has 0 aromatic carbocycles. The van der Waals surface area contributed by atoms with E-state index >= 15 is 0 Å². The Bertz CT molecular complexity index is 517. The normalized spacial score (nSPS) is 11.1. The van der Waals surface area contributed by atoms with E-state index in [-0.39, 0.29) is 0 Å². The van der Waals surface area contributed by atoms with Gasteiger partial charge in [0, 0.05) is 28.1 Å². The molecule has 2 aromatic rings. The molecule has 0 bridgehead atoms. The van der Waals surface area contributed by atoms with E-state index in [0.717, 1.165) is 23.5 Å². The van der Waals surface area contributed by atoms with Gasteiger partial charge in [-0.2, -0.15) is 0 Å². The van der Waals surface area contributed by atoms with Gasteiger partial charge in [-0.05, 0) is 39.2 Å². The van der Waals surface area contributed by atoms with Gasteiger partial charge >= 0.3 is 0 Å². The lowest BCUT2D eigenvalue weighted by Crippen LogP contribution is -2.09. The third kappa shape index (κ3) is 2.84. The van der Waals surface area contributed by atoms with Crippen LogP contribution in [0.3, 0.4) is 0 Å². The van der Waals surface area contributed by atoms with Gasteiger partial charge in [-0.3, -0.25) is 4.98 Å². The van der Waals surface area contributed by atoms with E-state index in [2.05, 4.69) is 36.1 Å². The van der Waals surface area contributed by atoms with Crippen LogP contribution in [-0.2, 0) is 6.54 Å². The summed E-state index contributed by atoms with van der Waals surface area (Å²) in [6.07, 6.45) is 1.89. The molecule has 2 aromatic heterocycles. The van der Waals surface area contributed by atoms with Crippen LogP contribution in [0.5, 0.6) is 0 Å². The third-order valence-corrected chi connectivity index (χ3v) is 3.66. The first-order valence-corrected chi connectivity index (χ1v) is 6.34. The summed E-state index contributed by atoms with van der Waals surface area (Å²) < 4.78 is 0. The van der Waals surface area contributed by atoms with Crippen molar-refractivity contribution in [3.05, 3.63) is 35.0 Å². The lowest BCUT2D eigenvalue weighted by molar-refractivity contribution is 0.406. The summed E-state index contributed by atoms with van der Waals surface area (Å²) in [5, 5.41) is 0. The maximum absolute atomic E-state index is 5.88. The summed E-state index contributed by atoms with van der Waals surface area (Å²) in [5.74, 6) is 0. The highest BCUT2D eigenvalue weighted by Crippen LogP contribution is 2.29.